The van der Waals surface area contributed by atoms with Gasteiger partial charge in [0.25, 0.3) is 0 Å². The molecule has 0 saturated carbocycles. The summed E-state index contributed by atoms with van der Waals surface area (Å²) < 4.78 is 155. The van der Waals surface area contributed by atoms with E-state index < -0.39 is 95.8 Å². The summed E-state index contributed by atoms with van der Waals surface area (Å²) in [6, 6.07) is 1.77. The van der Waals surface area contributed by atoms with Crippen molar-refractivity contribution in [1.29, 1.82) is 5.26 Å². The number of alkyl halides is 9. The zero-order valence-electron chi connectivity index (χ0n) is 28.4. The van der Waals surface area contributed by atoms with Crippen molar-refractivity contribution in [3.05, 3.63) is 0 Å². The van der Waals surface area contributed by atoms with Crippen molar-refractivity contribution in [3.8, 4) is 6.07 Å². The molecule has 2 atom stereocenters. The Hall–Kier alpha value is -2.17. The number of phosphoric acid groups is 1. The molecule has 21 heteroatoms. The standard InChI is InChI=1S/C30H48F9N2O9P/c1-2-25(43)47-18-5-3-4-6-19-48-51(45,49-20-10-16-40)50-24(21-42)22-46-23-27(11-7-14-28(31,32)33,12-8-15-29(34,35)36)13-9-17-41-26(44)30(37,38)39/h24,42H,2-15,17-23H2,1H3,(H,41,44). The molecule has 11 nitrogen and oxygen atoms in total. The Labute approximate surface area is 291 Å². The van der Waals surface area contributed by atoms with Crippen LogP contribution in [0.4, 0.5) is 39.5 Å². The number of hydrogen-bond donors (Lipinski definition) is 2. The van der Waals surface area contributed by atoms with Crippen LogP contribution in [-0.4, -0.2) is 87.8 Å². The van der Waals surface area contributed by atoms with Crippen molar-refractivity contribution in [3.63, 3.8) is 0 Å². The van der Waals surface area contributed by atoms with Crippen LogP contribution in [0.3, 0.4) is 0 Å². The molecule has 0 aromatic rings. The number of esters is 1. The fraction of sp³-hybridized carbons (Fsp3) is 0.900. The number of nitrogens with one attached hydrogen (secondary N) is 1. The second kappa shape index (κ2) is 25.0. The first kappa shape index (κ1) is 48.8. The highest BCUT2D eigenvalue weighted by atomic mass is 31.2. The van der Waals surface area contributed by atoms with E-state index in [9.17, 15) is 58.8 Å². The quantitative estimate of drug-likeness (QED) is 0.0332. The van der Waals surface area contributed by atoms with Gasteiger partial charge in [-0.15, -0.1) is 0 Å². The van der Waals surface area contributed by atoms with Crippen LogP contribution in [0.5, 0.6) is 0 Å². The van der Waals surface area contributed by atoms with Crippen LogP contribution in [0.1, 0.15) is 96.8 Å². The molecule has 2 unspecified atom stereocenters. The highest BCUT2D eigenvalue weighted by Crippen LogP contribution is 2.51. The van der Waals surface area contributed by atoms with Gasteiger partial charge in [0.2, 0.25) is 0 Å². The summed E-state index contributed by atoms with van der Waals surface area (Å²) >= 11 is 0. The Morgan fingerprint density at radius 3 is 1.86 bits per heavy atom. The molecular formula is C30H48F9N2O9P. The second-order valence-corrected chi connectivity index (χ2v) is 13.4. The molecule has 0 spiro atoms. The van der Waals surface area contributed by atoms with Crippen molar-refractivity contribution in [1.82, 2.24) is 5.32 Å². The summed E-state index contributed by atoms with van der Waals surface area (Å²) in [4.78, 5) is 22.4. The largest absolute Gasteiger partial charge is 0.475 e. The van der Waals surface area contributed by atoms with Crippen LogP contribution in [0.25, 0.3) is 0 Å². The van der Waals surface area contributed by atoms with Crippen molar-refractivity contribution < 1.29 is 81.8 Å². The topological polar surface area (TPSA) is 153 Å². The van der Waals surface area contributed by atoms with Gasteiger partial charge < -0.3 is 19.9 Å². The van der Waals surface area contributed by atoms with Crippen molar-refractivity contribution in [2.45, 2.75) is 121 Å². The zero-order valence-corrected chi connectivity index (χ0v) is 29.3. The highest BCUT2D eigenvalue weighted by molar-refractivity contribution is 7.48. The van der Waals surface area contributed by atoms with Crippen LogP contribution in [-0.2, 0) is 37.2 Å². The summed E-state index contributed by atoms with van der Waals surface area (Å²) in [5.74, 6) is -2.60. The molecule has 0 heterocycles. The van der Waals surface area contributed by atoms with Crippen LogP contribution in [0, 0.1) is 16.7 Å². The lowest BCUT2D eigenvalue weighted by Gasteiger charge is -2.35. The molecule has 0 aliphatic rings. The lowest BCUT2D eigenvalue weighted by molar-refractivity contribution is -0.173. The smallest absolute Gasteiger partial charge is 0.466 e. The predicted molar refractivity (Wildman–Crippen MR) is 163 cm³/mol. The molecule has 51 heavy (non-hydrogen) atoms. The lowest BCUT2D eigenvalue weighted by atomic mass is 9.75. The predicted octanol–water partition coefficient (Wildman–Crippen LogP) is 7.86. The second-order valence-electron chi connectivity index (χ2n) is 11.7. The number of phosphoric ester groups is 1. The average molecular weight is 783 g/mol. The number of ether oxygens (including phenoxy) is 2. The van der Waals surface area contributed by atoms with E-state index in [1.54, 1.807) is 18.3 Å². The van der Waals surface area contributed by atoms with E-state index in [0.717, 1.165) is 0 Å². The van der Waals surface area contributed by atoms with E-state index in [4.69, 9.17) is 28.3 Å². The number of carbonyl (C=O) groups excluding carboxylic acids is 2. The van der Waals surface area contributed by atoms with Crippen LogP contribution >= 0.6 is 7.82 Å². The monoisotopic (exact) mass is 782 g/mol. The molecule has 0 aliphatic carbocycles. The summed E-state index contributed by atoms with van der Waals surface area (Å²) in [7, 11) is -4.44. The molecule has 2 N–H and O–H groups in total. The minimum atomic E-state index is -5.20. The van der Waals surface area contributed by atoms with Gasteiger partial charge in [-0.3, -0.25) is 23.2 Å². The number of aliphatic hydroxyl groups is 1. The maximum Gasteiger partial charge on any atom is 0.475 e. The third kappa shape index (κ3) is 26.3. The summed E-state index contributed by atoms with van der Waals surface area (Å²) in [6.07, 6.45) is -18.6. The van der Waals surface area contributed by atoms with Gasteiger partial charge in [-0.25, -0.2) is 4.57 Å². The van der Waals surface area contributed by atoms with Gasteiger partial charge in [0.05, 0.1) is 52.1 Å². The maximum absolute atomic E-state index is 13.3. The summed E-state index contributed by atoms with van der Waals surface area (Å²) in [6.45, 7) is -1.21. The molecule has 300 valence electrons. The first-order valence-electron chi connectivity index (χ1n) is 16.5. The van der Waals surface area contributed by atoms with Gasteiger partial charge >= 0.3 is 38.2 Å². The molecule has 0 aromatic heterocycles. The van der Waals surface area contributed by atoms with Gasteiger partial charge in [0.1, 0.15) is 6.10 Å². The number of carbonyl (C=O) groups is 2. The van der Waals surface area contributed by atoms with Crippen LogP contribution < -0.4 is 5.32 Å². The Bertz CT molecular complexity index is 1050. The molecule has 0 saturated heterocycles. The Morgan fingerprint density at radius 1 is 0.804 bits per heavy atom. The van der Waals surface area contributed by atoms with Gasteiger partial charge in [-0.2, -0.15) is 44.8 Å². The molecule has 0 aromatic carbocycles. The normalized spacial score (nSPS) is 14.5. The Morgan fingerprint density at radius 2 is 1.35 bits per heavy atom. The first-order chi connectivity index (χ1) is 23.7. The van der Waals surface area contributed by atoms with Crippen molar-refractivity contribution in [2.75, 3.05) is 46.2 Å². The number of rotatable bonds is 29. The first-order valence-corrected chi connectivity index (χ1v) is 17.9. The minimum Gasteiger partial charge on any atom is -0.466 e. The molecule has 0 radical (unpaired) electrons. The Kier molecular flexibility index (Phi) is 23.9. The third-order valence-electron chi connectivity index (χ3n) is 7.26. The number of aliphatic hydroxyl groups excluding tert-OH is 1. The van der Waals surface area contributed by atoms with Gasteiger partial charge in [-0.05, 0) is 63.2 Å². The van der Waals surface area contributed by atoms with E-state index in [1.807, 2.05) is 0 Å². The van der Waals surface area contributed by atoms with Crippen LogP contribution in [0.2, 0.25) is 0 Å². The fourth-order valence-electron chi connectivity index (χ4n) is 4.71. The van der Waals surface area contributed by atoms with E-state index in [1.165, 1.54) is 0 Å². The molecule has 1 amide bonds. The molecule has 0 bridgehead atoms. The maximum atomic E-state index is 13.3. The molecule has 0 rings (SSSR count). The molecular weight excluding hydrogens is 734 g/mol. The summed E-state index contributed by atoms with van der Waals surface area (Å²) in [5, 5.41) is 20.3. The van der Waals surface area contributed by atoms with E-state index in [-0.39, 0.29) is 64.3 Å². The fourth-order valence-corrected chi connectivity index (χ4v) is 6.07. The minimum absolute atomic E-state index is 0.149. The SMILES string of the molecule is CCC(=O)OCCCCCCOP(=O)(OCCC#N)OC(CO)COCC(CCCNC(=O)C(F)(F)F)(CCCC(F)(F)F)CCCC(F)(F)F. The number of amides is 1. The number of nitrogens with zero attached hydrogens (tertiary/aromatic N) is 1. The number of nitriles is 1. The van der Waals surface area contributed by atoms with Crippen LogP contribution in [0.15, 0.2) is 0 Å². The number of unbranched alkanes of at least 4 members (excludes halogenated alkanes) is 3. The van der Waals surface area contributed by atoms with Crippen molar-refractivity contribution in [2.24, 2.45) is 5.41 Å². The lowest BCUT2D eigenvalue weighted by Crippen LogP contribution is -2.38. The number of halogens is 9. The Balaban J connectivity index is 5.63. The number of hydrogen-bond acceptors (Lipinski definition) is 10. The van der Waals surface area contributed by atoms with Gasteiger partial charge in [-0.1, -0.05) is 13.3 Å². The summed E-state index contributed by atoms with van der Waals surface area (Å²) in [5.41, 5.74) is -1.43. The van der Waals surface area contributed by atoms with Gasteiger partial charge in [0.15, 0.2) is 0 Å². The van der Waals surface area contributed by atoms with Crippen molar-refractivity contribution >= 4 is 19.7 Å². The zero-order chi connectivity index (χ0) is 39.0. The van der Waals surface area contributed by atoms with E-state index >= 15 is 0 Å². The molecule has 0 fully saturated rings. The van der Waals surface area contributed by atoms with E-state index in [2.05, 4.69) is 0 Å². The van der Waals surface area contributed by atoms with Gasteiger partial charge in [0, 0.05) is 25.8 Å². The third-order valence-corrected chi connectivity index (χ3v) is 8.81. The average Bonchev–Trinajstić information content (AvgIpc) is 3.02. The molecule has 0 aliphatic heterocycles. The van der Waals surface area contributed by atoms with E-state index in [0.29, 0.717) is 25.7 Å². The highest BCUT2D eigenvalue weighted by Gasteiger charge is 2.39.